The van der Waals surface area contributed by atoms with Crippen molar-refractivity contribution in [1.82, 2.24) is 9.62 Å². The lowest BCUT2D eigenvalue weighted by Crippen LogP contribution is -2.59. The zero-order valence-corrected chi connectivity index (χ0v) is 13.3. The van der Waals surface area contributed by atoms with E-state index >= 15 is 0 Å². The highest BCUT2D eigenvalue weighted by atomic mass is 35.5. The van der Waals surface area contributed by atoms with Crippen LogP contribution in [0.5, 0.6) is 0 Å². The van der Waals surface area contributed by atoms with Crippen LogP contribution in [0.4, 0.5) is 0 Å². The number of imide groups is 1. The number of nitrogens with zero attached hydrogens (tertiary/aromatic N) is 1. The Morgan fingerprint density at radius 2 is 2.00 bits per heavy atom. The molecule has 1 aromatic carbocycles. The predicted octanol–water partition coefficient (Wildman–Crippen LogP) is 1.42. The van der Waals surface area contributed by atoms with Gasteiger partial charge >= 0.3 is 0 Å². The molecule has 0 bridgehead atoms. The molecule has 1 saturated heterocycles. The lowest BCUT2D eigenvalue weighted by atomic mass is 10.2. The van der Waals surface area contributed by atoms with Gasteiger partial charge < -0.3 is 0 Å². The second kappa shape index (κ2) is 5.92. The van der Waals surface area contributed by atoms with Crippen LogP contribution in [0.15, 0.2) is 23.1 Å². The number of carbonyl (C=O) groups is 2. The largest absolute Gasteiger partial charge is 0.294 e. The Kier molecular flexibility index (Phi) is 4.57. The summed E-state index contributed by atoms with van der Waals surface area (Å²) in [6.07, 6.45) is 0.233. The van der Waals surface area contributed by atoms with E-state index in [1.807, 2.05) is 0 Å². The van der Waals surface area contributed by atoms with Gasteiger partial charge in [-0.25, -0.2) is 8.42 Å². The molecule has 2 rings (SSSR count). The Morgan fingerprint density at radius 3 is 2.62 bits per heavy atom. The molecular weight excluding hydrogens is 339 g/mol. The molecule has 1 atom stereocenters. The zero-order chi connectivity index (χ0) is 15.8. The molecule has 1 fully saturated rings. The van der Waals surface area contributed by atoms with Crippen molar-refractivity contribution in [3.8, 4) is 0 Å². The summed E-state index contributed by atoms with van der Waals surface area (Å²) < 4.78 is 26.2. The number of piperazine rings is 1. The molecule has 21 heavy (non-hydrogen) atoms. The average Bonchev–Trinajstić information content (AvgIpc) is 2.40. The van der Waals surface area contributed by atoms with Gasteiger partial charge in [0.2, 0.25) is 21.8 Å². The second-order valence-electron chi connectivity index (χ2n) is 4.46. The molecular formula is C12H12Cl2N2O4S. The molecule has 1 aliphatic heterocycles. The number of benzene rings is 1. The van der Waals surface area contributed by atoms with E-state index in [0.29, 0.717) is 0 Å². The van der Waals surface area contributed by atoms with Gasteiger partial charge in [0.05, 0.1) is 11.6 Å². The minimum Gasteiger partial charge on any atom is -0.294 e. The van der Waals surface area contributed by atoms with Crippen LogP contribution in [0, 0.1) is 0 Å². The number of rotatable bonds is 3. The fraction of sp³-hybridized carbons (Fsp3) is 0.333. The number of carbonyl (C=O) groups excluding carboxylic acids is 2. The number of halogens is 2. The van der Waals surface area contributed by atoms with Crippen LogP contribution in [0.1, 0.15) is 13.3 Å². The Bertz CT molecular complexity index is 705. The molecule has 114 valence electrons. The maximum Gasteiger partial charge on any atom is 0.245 e. The van der Waals surface area contributed by atoms with E-state index in [-0.39, 0.29) is 21.4 Å². The minimum atomic E-state index is -4.11. The smallest absolute Gasteiger partial charge is 0.245 e. The molecule has 0 radical (unpaired) electrons. The Balaban J connectivity index is 2.53. The fourth-order valence-electron chi connectivity index (χ4n) is 2.09. The standard InChI is InChI=1S/C12H12Cl2N2O4S/c1-2-9-12(18)15-11(17)6-16(9)21(19,20)10-5-7(13)3-4-8(10)14/h3-5,9H,2,6H2,1H3,(H,15,17,18). The zero-order valence-electron chi connectivity index (χ0n) is 11.0. The van der Waals surface area contributed by atoms with Crippen LogP contribution in [0.25, 0.3) is 0 Å². The van der Waals surface area contributed by atoms with Gasteiger partial charge in [0.25, 0.3) is 0 Å². The van der Waals surface area contributed by atoms with E-state index < -0.39 is 34.4 Å². The van der Waals surface area contributed by atoms with Gasteiger partial charge in [-0.05, 0) is 24.6 Å². The van der Waals surface area contributed by atoms with Crippen molar-refractivity contribution in [1.29, 1.82) is 0 Å². The normalized spacial score (nSPS) is 20.4. The van der Waals surface area contributed by atoms with Gasteiger partial charge in [0.1, 0.15) is 10.9 Å². The molecule has 1 N–H and O–H groups in total. The lowest BCUT2D eigenvalue weighted by molar-refractivity contribution is -0.137. The monoisotopic (exact) mass is 350 g/mol. The first-order valence-corrected chi connectivity index (χ1v) is 8.27. The first kappa shape index (κ1) is 16.2. The molecule has 1 aliphatic rings. The summed E-state index contributed by atoms with van der Waals surface area (Å²) in [7, 11) is -4.11. The number of amides is 2. The summed E-state index contributed by atoms with van der Waals surface area (Å²) in [4.78, 5) is 23.0. The number of hydrogen-bond donors (Lipinski definition) is 1. The van der Waals surface area contributed by atoms with Crippen LogP contribution in [0.3, 0.4) is 0 Å². The van der Waals surface area contributed by atoms with Gasteiger partial charge in [0, 0.05) is 5.02 Å². The molecule has 1 unspecified atom stereocenters. The third-order valence-electron chi connectivity index (χ3n) is 3.08. The van der Waals surface area contributed by atoms with Crippen LogP contribution in [-0.4, -0.2) is 37.1 Å². The van der Waals surface area contributed by atoms with Crippen molar-refractivity contribution >= 4 is 45.0 Å². The van der Waals surface area contributed by atoms with Crippen LogP contribution >= 0.6 is 23.2 Å². The van der Waals surface area contributed by atoms with E-state index in [1.54, 1.807) is 6.92 Å². The van der Waals surface area contributed by atoms with Gasteiger partial charge in [-0.1, -0.05) is 30.1 Å². The third-order valence-corrected chi connectivity index (χ3v) is 5.65. The Labute approximate surface area is 132 Å². The van der Waals surface area contributed by atoms with Crippen LogP contribution in [-0.2, 0) is 19.6 Å². The third kappa shape index (κ3) is 3.06. The molecule has 2 amide bonds. The Hall–Kier alpha value is -1.15. The summed E-state index contributed by atoms with van der Waals surface area (Å²) in [5.41, 5.74) is 0. The van der Waals surface area contributed by atoms with Crippen molar-refractivity contribution < 1.29 is 18.0 Å². The molecule has 1 heterocycles. The highest BCUT2D eigenvalue weighted by molar-refractivity contribution is 7.89. The predicted molar refractivity (Wildman–Crippen MR) is 77.6 cm³/mol. The molecule has 0 saturated carbocycles. The van der Waals surface area contributed by atoms with E-state index in [9.17, 15) is 18.0 Å². The van der Waals surface area contributed by atoms with Crippen molar-refractivity contribution in [3.63, 3.8) is 0 Å². The molecule has 6 nitrogen and oxygen atoms in total. The topological polar surface area (TPSA) is 83.6 Å². The van der Waals surface area contributed by atoms with Crippen LogP contribution in [0.2, 0.25) is 10.0 Å². The lowest BCUT2D eigenvalue weighted by Gasteiger charge is -2.32. The van der Waals surface area contributed by atoms with Gasteiger partial charge in [-0.2, -0.15) is 4.31 Å². The van der Waals surface area contributed by atoms with Gasteiger partial charge in [0.15, 0.2) is 0 Å². The number of sulfonamides is 1. The first-order chi connectivity index (χ1) is 9.77. The summed E-state index contributed by atoms with van der Waals surface area (Å²) >= 11 is 11.7. The molecule has 0 aliphatic carbocycles. The highest BCUT2D eigenvalue weighted by Crippen LogP contribution is 2.29. The van der Waals surface area contributed by atoms with Gasteiger partial charge in [-0.3, -0.25) is 14.9 Å². The van der Waals surface area contributed by atoms with Gasteiger partial charge in [-0.15, -0.1) is 0 Å². The van der Waals surface area contributed by atoms with Crippen LogP contribution < -0.4 is 5.32 Å². The molecule has 0 aromatic heterocycles. The first-order valence-electron chi connectivity index (χ1n) is 6.08. The maximum atomic E-state index is 12.7. The SMILES string of the molecule is CCC1C(=O)NC(=O)CN1S(=O)(=O)c1cc(Cl)ccc1Cl. The quantitative estimate of drug-likeness (QED) is 0.835. The maximum absolute atomic E-state index is 12.7. The second-order valence-corrected chi connectivity index (χ2v) is 7.16. The van der Waals surface area contributed by atoms with Crippen molar-refractivity contribution in [2.45, 2.75) is 24.3 Å². The summed E-state index contributed by atoms with van der Waals surface area (Å²) in [5, 5.41) is 2.29. The summed E-state index contributed by atoms with van der Waals surface area (Å²) in [6, 6.07) is 3.04. The highest BCUT2D eigenvalue weighted by Gasteiger charge is 2.41. The minimum absolute atomic E-state index is 0.0207. The summed E-state index contributed by atoms with van der Waals surface area (Å²) in [6.45, 7) is 1.22. The van der Waals surface area contributed by atoms with Crippen molar-refractivity contribution in [2.24, 2.45) is 0 Å². The summed E-state index contributed by atoms with van der Waals surface area (Å²) in [5.74, 6) is -1.32. The van der Waals surface area contributed by atoms with Crippen molar-refractivity contribution in [2.75, 3.05) is 6.54 Å². The average molecular weight is 351 g/mol. The molecule has 9 heteroatoms. The number of hydrogen-bond acceptors (Lipinski definition) is 4. The Morgan fingerprint density at radius 1 is 1.33 bits per heavy atom. The van der Waals surface area contributed by atoms with E-state index in [1.165, 1.54) is 18.2 Å². The number of nitrogens with one attached hydrogen (secondary N) is 1. The van der Waals surface area contributed by atoms with Crippen molar-refractivity contribution in [3.05, 3.63) is 28.2 Å². The van der Waals surface area contributed by atoms with E-state index in [4.69, 9.17) is 23.2 Å². The van der Waals surface area contributed by atoms with E-state index in [0.717, 1.165) is 4.31 Å². The molecule has 1 aromatic rings. The van der Waals surface area contributed by atoms with E-state index in [2.05, 4.69) is 5.32 Å². The fourth-order valence-corrected chi connectivity index (χ4v) is 4.44. The molecule has 0 spiro atoms.